The normalized spacial score (nSPS) is 12.4. The van der Waals surface area contributed by atoms with Gasteiger partial charge in [-0.3, -0.25) is 0 Å². The van der Waals surface area contributed by atoms with E-state index >= 15 is 0 Å². The summed E-state index contributed by atoms with van der Waals surface area (Å²) in [6.07, 6.45) is 0. The maximum atomic E-state index is 11.7. The maximum absolute atomic E-state index is 11.7. The van der Waals surface area contributed by atoms with E-state index in [2.05, 4.69) is 27.0 Å². The number of benzene rings is 1. The lowest BCUT2D eigenvalue weighted by Crippen LogP contribution is -2.39. The predicted octanol–water partition coefficient (Wildman–Crippen LogP) is 1.82. The third-order valence-electron chi connectivity index (χ3n) is 3.20. The number of hydrogen-bond donors (Lipinski definition) is 2. The van der Waals surface area contributed by atoms with Crippen LogP contribution in [0.3, 0.4) is 0 Å². The molecule has 0 saturated heterocycles. The lowest BCUT2D eigenvalue weighted by Gasteiger charge is -2.10. The molecule has 0 atom stereocenters. The molecule has 0 fully saturated rings. The molecular weight excluding hydrogens is 274 g/mol. The lowest BCUT2D eigenvalue weighted by molar-refractivity contribution is 0.554. The lowest BCUT2D eigenvalue weighted by atomic mass is 10.1. The minimum atomic E-state index is -3.44. The number of rotatable bonds is 5. The van der Waals surface area contributed by atoms with E-state index in [1.54, 1.807) is 13.8 Å². The SMILES string of the molecule is Cc1cc2cc(CNS(=O)(=O)NC(C)C)ccc2n1C. The Morgan fingerprint density at radius 2 is 1.95 bits per heavy atom. The largest absolute Gasteiger partial charge is 0.348 e. The summed E-state index contributed by atoms with van der Waals surface area (Å²) in [6, 6.07) is 7.95. The molecule has 20 heavy (non-hydrogen) atoms. The zero-order valence-electron chi connectivity index (χ0n) is 12.3. The summed E-state index contributed by atoms with van der Waals surface area (Å²) in [6.45, 7) is 5.91. The van der Waals surface area contributed by atoms with Gasteiger partial charge in [0.05, 0.1) is 0 Å². The van der Waals surface area contributed by atoms with Crippen LogP contribution in [0.1, 0.15) is 25.1 Å². The Bertz CT molecular complexity index is 717. The fraction of sp³-hybridized carbons (Fsp3) is 0.429. The van der Waals surface area contributed by atoms with Crippen LogP contribution in [-0.4, -0.2) is 19.0 Å². The summed E-state index contributed by atoms with van der Waals surface area (Å²) >= 11 is 0. The number of nitrogens with zero attached hydrogens (tertiary/aromatic N) is 1. The topological polar surface area (TPSA) is 63.1 Å². The van der Waals surface area contributed by atoms with Gasteiger partial charge in [0, 0.05) is 36.2 Å². The van der Waals surface area contributed by atoms with Gasteiger partial charge in [-0.1, -0.05) is 6.07 Å². The molecule has 110 valence electrons. The maximum Gasteiger partial charge on any atom is 0.277 e. The minimum Gasteiger partial charge on any atom is -0.348 e. The van der Waals surface area contributed by atoms with Crippen molar-refractivity contribution in [3.8, 4) is 0 Å². The van der Waals surface area contributed by atoms with Gasteiger partial charge in [0.15, 0.2) is 0 Å². The van der Waals surface area contributed by atoms with Crippen molar-refractivity contribution in [1.82, 2.24) is 14.0 Å². The summed E-state index contributed by atoms with van der Waals surface area (Å²) in [5.74, 6) is 0. The molecule has 0 radical (unpaired) electrons. The third kappa shape index (κ3) is 3.39. The minimum absolute atomic E-state index is 0.119. The van der Waals surface area contributed by atoms with Gasteiger partial charge < -0.3 is 4.57 Å². The van der Waals surface area contributed by atoms with Gasteiger partial charge in [-0.15, -0.1) is 0 Å². The van der Waals surface area contributed by atoms with E-state index in [1.165, 1.54) is 5.69 Å². The number of aryl methyl sites for hydroxylation is 2. The molecule has 0 bridgehead atoms. The summed E-state index contributed by atoms with van der Waals surface area (Å²) in [7, 11) is -1.42. The van der Waals surface area contributed by atoms with Crippen molar-refractivity contribution in [1.29, 1.82) is 0 Å². The Kier molecular flexibility index (Phi) is 4.17. The Hall–Kier alpha value is -1.37. The van der Waals surface area contributed by atoms with E-state index in [0.29, 0.717) is 0 Å². The van der Waals surface area contributed by atoms with Crippen molar-refractivity contribution in [3.63, 3.8) is 0 Å². The van der Waals surface area contributed by atoms with Crippen LogP contribution in [0.15, 0.2) is 24.3 Å². The highest BCUT2D eigenvalue weighted by atomic mass is 32.2. The fourth-order valence-electron chi connectivity index (χ4n) is 2.18. The monoisotopic (exact) mass is 295 g/mol. The van der Waals surface area contributed by atoms with Crippen LogP contribution in [0.25, 0.3) is 10.9 Å². The Morgan fingerprint density at radius 3 is 2.60 bits per heavy atom. The first kappa shape index (κ1) is 15.0. The van der Waals surface area contributed by atoms with Crippen molar-refractivity contribution in [2.45, 2.75) is 33.4 Å². The van der Waals surface area contributed by atoms with Crippen LogP contribution in [-0.2, 0) is 23.8 Å². The Morgan fingerprint density at radius 1 is 1.25 bits per heavy atom. The van der Waals surface area contributed by atoms with Gasteiger partial charge in [0.1, 0.15) is 0 Å². The van der Waals surface area contributed by atoms with E-state index in [1.807, 2.05) is 25.2 Å². The Labute approximate surface area is 120 Å². The first-order valence-electron chi connectivity index (χ1n) is 6.60. The summed E-state index contributed by atoms with van der Waals surface area (Å²) in [5, 5.41) is 1.12. The first-order valence-corrected chi connectivity index (χ1v) is 8.09. The highest BCUT2D eigenvalue weighted by Crippen LogP contribution is 2.19. The zero-order chi connectivity index (χ0) is 14.9. The van der Waals surface area contributed by atoms with Crippen LogP contribution in [0.2, 0.25) is 0 Å². The predicted molar refractivity (Wildman–Crippen MR) is 81.7 cm³/mol. The van der Waals surface area contributed by atoms with E-state index < -0.39 is 10.2 Å². The van der Waals surface area contributed by atoms with Crippen LogP contribution in [0.4, 0.5) is 0 Å². The molecule has 0 saturated carbocycles. The highest BCUT2D eigenvalue weighted by Gasteiger charge is 2.11. The van der Waals surface area contributed by atoms with E-state index in [4.69, 9.17) is 0 Å². The van der Waals surface area contributed by atoms with Crippen molar-refractivity contribution < 1.29 is 8.42 Å². The molecule has 1 aromatic heterocycles. The molecule has 0 spiro atoms. The van der Waals surface area contributed by atoms with Crippen LogP contribution in [0.5, 0.6) is 0 Å². The number of hydrogen-bond acceptors (Lipinski definition) is 2. The first-order chi connectivity index (χ1) is 9.28. The average Bonchev–Trinajstić information content (AvgIpc) is 2.61. The van der Waals surface area contributed by atoms with Crippen molar-refractivity contribution >= 4 is 21.1 Å². The molecule has 2 rings (SSSR count). The van der Waals surface area contributed by atoms with Crippen molar-refractivity contribution in [2.24, 2.45) is 7.05 Å². The average molecular weight is 295 g/mol. The number of aromatic nitrogens is 1. The summed E-state index contributed by atoms with van der Waals surface area (Å²) in [4.78, 5) is 0. The quantitative estimate of drug-likeness (QED) is 0.884. The van der Waals surface area contributed by atoms with Gasteiger partial charge in [-0.2, -0.15) is 17.9 Å². The van der Waals surface area contributed by atoms with Crippen molar-refractivity contribution in [2.75, 3.05) is 0 Å². The molecule has 0 amide bonds. The summed E-state index contributed by atoms with van der Waals surface area (Å²) < 4.78 is 30.6. The molecule has 0 aliphatic heterocycles. The van der Waals surface area contributed by atoms with E-state index in [-0.39, 0.29) is 12.6 Å². The van der Waals surface area contributed by atoms with E-state index in [9.17, 15) is 8.42 Å². The zero-order valence-corrected chi connectivity index (χ0v) is 13.1. The molecular formula is C14H21N3O2S. The second-order valence-corrected chi connectivity index (χ2v) is 6.87. The molecule has 2 aromatic rings. The van der Waals surface area contributed by atoms with Crippen LogP contribution < -0.4 is 9.44 Å². The smallest absolute Gasteiger partial charge is 0.277 e. The van der Waals surface area contributed by atoms with E-state index in [0.717, 1.165) is 16.5 Å². The molecule has 1 heterocycles. The Balaban J connectivity index is 2.15. The second kappa shape index (κ2) is 5.55. The number of nitrogens with one attached hydrogen (secondary N) is 2. The van der Waals surface area contributed by atoms with Gasteiger partial charge in [0.25, 0.3) is 10.2 Å². The molecule has 5 nitrogen and oxygen atoms in total. The van der Waals surface area contributed by atoms with Gasteiger partial charge in [-0.25, -0.2) is 0 Å². The second-order valence-electron chi connectivity index (χ2n) is 5.34. The molecule has 1 aromatic carbocycles. The third-order valence-corrected chi connectivity index (χ3v) is 4.51. The molecule has 6 heteroatoms. The standard InChI is InChI=1S/C14H21N3O2S/c1-10(2)16-20(18,19)15-9-12-5-6-14-13(8-12)7-11(3)17(14)4/h5-8,10,15-16H,9H2,1-4H3. The molecule has 0 unspecified atom stereocenters. The molecule has 0 aliphatic carbocycles. The summed E-state index contributed by atoms with van der Waals surface area (Å²) in [5.41, 5.74) is 3.27. The fourth-order valence-corrected chi connectivity index (χ4v) is 3.24. The van der Waals surface area contributed by atoms with Crippen molar-refractivity contribution in [3.05, 3.63) is 35.5 Å². The molecule has 2 N–H and O–H groups in total. The molecule has 0 aliphatic rings. The van der Waals surface area contributed by atoms with Crippen LogP contribution in [0, 0.1) is 6.92 Å². The van der Waals surface area contributed by atoms with Gasteiger partial charge >= 0.3 is 0 Å². The highest BCUT2D eigenvalue weighted by molar-refractivity contribution is 7.87. The van der Waals surface area contributed by atoms with Crippen LogP contribution >= 0.6 is 0 Å². The van der Waals surface area contributed by atoms with Gasteiger partial charge in [0.2, 0.25) is 0 Å². The van der Waals surface area contributed by atoms with Gasteiger partial charge in [-0.05, 0) is 44.5 Å². The number of fused-ring (bicyclic) bond motifs is 1.